The molecule has 0 radical (unpaired) electrons. The second-order valence-corrected chi connectivity index (χ2v) is 6.87. The number of primary amides is 1. The molecule has 2 N–H and O–H groups in total. The molecule has 6 heteroatoms. The molecule has 0 saturated carbocycles. The van der Waals surface area contributed by atoms with Crippen molar-refractivity contribution in [2.45, 2.75) is 51.3 Å². The van der Waals surface area contributed by atoms with E-state index in [1.165, 1.54) is 0 Å². The number of ether oxygens (including phenoxy) is 1. The van der Waals surface area contributed by atoms with Crippen molar-refractivity contribution in [1.82, 2.24) is 14.7 Å². The maximum Gasteiger partial charge on any atom is 0.234 e. The maximum absolute atomic E-state index is 11.7. The minimum absolute atomic E-state index is 0.0286. The van der Waals surface area contributed by atoms with Gasteiger partial charge in [0.1, 0.15) is 0 Å². The third-order valence-electron chi connectivity index (χ3n) is 4.02. The summed E-state index contributed by atoms with van der Waals surface area (Å²) in [7, 11) is 3.60. The maximum atomic E-state index is 11.7. The van der Waals surface area contributed by atoms with E-state index in [0.29, 0.717) is 13.0 Å². The molecule has 2 heterocycles. The first kappa shape index (κ1) is 16.0. The van der Waals surface area contributed by atoms with E-state index < -0.39 is 0 Å². The molecule has 6 nitrogen and oxygen atoms in total. The van der Waals surface area contributed by atoms with Gasteiger partial charge in [0.15, 0.2) is 0 Å². The number of hydrogen-bond acceptors (Lipinski definition) is 4. The predicted molar refractivity (Wildman–Crippen MR) is 80.7 cm³/mol. The first-order chi connectivity index (χ1) is 9.72. The van der Waals surface area contributed by atoms with E-state index >= 15 is 0 Å². The largest absolute Gasteiger partial charge is 0.380 e. The molecule has 1 fully saturated rings. The van der Waals surface area contributed by atoms with Gasteiger partial charge < -0.3 is 10.5 Å². The van der Waals surface area contributed by atoms with Crippen LogP contribution in [0.2, 0.25) is 0 Å². The quantitative estimate of drug-likeness (QED) is 0.891. The average molecular weight is 294 g/mol. The molecular weight excluding hydrogens is 268 g/mol. The summed E-state index contributed by atoms with van der Waals surface area (Å²) < 4.78 is 7.22. The van der Waals surface area contributed by atoms with Gasteiger partial charge in [0, 0.05) is 44.4 Å². The number of methoxy groups -OCH3 is 1. The van der Waals surface area contributed by atoms with Crippen molar-refractivity contribution < 1.29 is 9.53 Å². The summed E-state index contributed by atoms with van der Waals surface area (Å²) in [6, 6.07) is -0.261. The SMILES string of the molecule is CO[C@H]1C[C@@H](C(N)=O)N(Cc2cn(C)nc2C(C)(C)C)C1. The third kappa shape index (κ3) is 3.44. The number of aromatic nitrogens is 2. The molecule has 21 heavy (non-hydrogen) atoms. The highest BCUT2D eigenvalue weighted by atomic mass is 16.5. The Kier molecular flexibility index (Phi) is 4.39. The Morgan fingerprint density at radius 2 is 2.19 bits per heavy atom. The van der Waals surface area contributed by atoms with E-state index in [1.807, 2.05) is 17.9 Å². The van der Waals surface area contributed by atoms with Crippen LogP contribution in [0.3, 0.4) is 0 Å². The Labute approximate surface area is 126 Å². The van der Waals surface area contributed by atoms with E-state index in [-0.39, 0.29) is 23.5 Å². The van der Waals surface area contributed by atoms with Gasteiger partial charge in [0.05, 0.1) is 17.8 Å². The molecule has 1 aromatic heterocycles. The van der Waals surface area contributed by atoms with Crippen LogP contribution in [0.1, 0.15) is 38.4 Å². The third-order valence-corrected chi connectivity index (χ3v) is 4.02. The van der Waals surface area contributed by atoms with E-state index in [1.54, 1.807) is 7.11 Å². The average Bonchev–Trinajstić information content (AvgIpc) is 2.92. The second kappa shape index (κ2) is 5.77. The number of nitrogens with two attached hydrogens (primary N) is 1. The van der Waals surface area contributed by atoms with Gasteiger partial charge in [-0.25, -0.2) is 0 Å². The lowest BCUT2D eigenvalue weighted by Crippen LogP contribution is -2.40. The van der Waals surface area contributed by atoms with Crippen LogP contribution in [0.15, 0.2) is 6.20 Å². The molecule has 1 aliphatic rings. The highest BCUT2D eigenvalue weighted by Gasteiger charge is 2.36. The number of aryl methyl sites for hydroxylation is 1. The van der Waals surface area contributed by atoms with E-state index in [4.69, 9.17) is 10.5 Å². The summed E-state index contributed by atoms with van der Waals surface area (Å²) in [6.07, 6.45) is 2.76. The monoisotopic (exact) mass is 294 g/mol. The van der Waals surface area contributed by atoms with Crippen molar-refractivity contribution in [2.24, 2.45) is 12.8 Å². The highest BCUT2D eigenvalue weighted by Crippen LogP contribution is 2.28. The molecule has 118 valence electrons. The number of carbonyl (C=O) groups is 1. The highest BCUT2D eigenvalue weighted by molar-refractivity contribution is 5.80. The Morgan fingerprint density at radius 3 is 2.71 bits per heavy atom. The van der Waals surface area contributed by atoms with E-state index in [2.05, 4.69) is 30.8 Å². The normalized spacial score (nSPS) is 23.7. The fourth-order valence-electron chi connectivity index (χ4n) is 3.01. The van der Waals surface area contributed by atoms with Crippen LogP contribution in [-0.2, 0) is 28.5 Å². The topological polar surface area (TPSA) is 73.4 Å². The molecule has 0 aliphatic carbocycles. The minimum atomic E-state index is -0.282. The molecule has 2 rings (SSSR count). The van der Waals surface area contributed by atoms with E-state index in [9.17, 15) is 4.79 Å². The summed E-state index contributed by atoms with van der Waals surface area (Å²) >= 11 is 0. The lowest BCUT2D eigenvalue weighted by Gasteiger charge is -2.24. The number of nitrogens with zero attached hydrogens (tertiary/aromatic N) is 3. The number of carbonyl (C=O) groups excluding carboxylic acids is 1. The smallest absolute Gasteiger partial charge is 0.234 e. The molecule has 2 atom stereocenters. The lowest BCUT2D eigenvalue weighted by molar-refractivity contribution is -0.122. The van der Waals surface area contributed by atoms with Crippen LogP contribution in [0.4, 0.5) is 0 Å². The Hall–Kier alpha value is -1.40. The summed E-state index contributed by atoms with van der Waals surface area (Å²) in [6.45, 7) is 7.83. The van der Waals surface area contributed by atoms with Crippen LogP contribution >= 0.6 is 0 Å². The van der Waals surface area contributed by atoms with Crippen LogP contribution in [0.25, 0.3) is 0 Å². The molecule has 0 aromatic carbocycles. The van der Waals surface area contributed by atoms with Crippen molar-refractivity contribution in [2.75, 3.05) is 13.7 Å². The van der Waals surface area contributed by atoms with Gasteiger partial charge >= 0.3 is 0 Å². The summed E-state index contributed by atoms with van der Waals surface area (Å²) in [5.74, 6) is -0.282. The molecule has 0 unspecified atom stereocenters. The lowest BCUT2D eigenvalue weighted by atomic mass is 9.89. The van der Waals surface area contributed by atoms with Crippen molar-refractivity contribution >= 4 is 5.91 Å². The number of likely N-dealkylation sites (tertiary alicyclic amines) is 1. The summed E-state index contributed by atoms with van der Waals surface area (Å²) in [5.41, 5.74) is 7.71. The summed E-state index contributed by atoms with van der Waals surface area (Å²) in [4.78, 5) is 13.8. The van der Waals surface area contributed by atoms with Gasteiger partial charge in [-0.2, -0.15) is 5.10 Å². The minimum Gasteiger partial charge on any atom is -0.380 e. The molecule has 1 saturated heterocycles. The zero-order valence-electron chi connectivity index (χ0n) is 13.6. The van der Waals surface area contributed by atoms with Crippen molar-refractivity contribution in [3.05, 3.63) is 17.5 Å². The molecule has 1 aliphatic heterocycles. The molecule has 1 aromatic rings. The van der Waals surface area contributed by atoms with Crippen LogP contribution in [0, 0.1) is 0 Å². The fourth-order valence-corrected chi connectivity index (χ4v) is 3.01. The van der Waals surface area contributed by atoms with Crippen molar-refractivity contribution in [1.29, 1.82) is 0 Å². The zero-order valence-corrected chi connectivity index (χ0v) is 13.6. The molecule has 0 bridgehead atoms. The Morgan fingerprint density at radius 1 is 1.52 bits per heavy atom. The molecular formula is C15H26N4O2. The van der Waals surface area contributed by atoms with E-state index in [0.717, 1.165) is 17.8 Å². The van der Waals surface area contributed by atoms with Gasteiger partial charge in [-0.3, -0.25) is 14.4 Å². The number of rotatable bonds is 4. The molecule has 0 spiro atoms. The van der Waals surface area contributed by atoms with Crippen molar-refractivity contribution in [3.63, 3.8) is 0 Å². The van der Waals surface area contributed by atoms with Gasteiger partial charge in [0.2, 0.25) is 5.91 Å². The fraction of sp³-hybridized carbons (Fsp3) is 0.733. The van der Waals surface area contributed by atoms with Crippen LogP contribution in [0.5, 0.6) is 0 Å². The number of amides is 1. The van der Waals surface area contributed by atoms with Gasteiger partial charge in [-0.05, 0) is 6.42 Å². The molecule has 1 amide bonds. The Balaban J connectivity index is 2.23. The summed E-state index contributed by atoms with van der Waals surface area (Å²) in [5, 5.41) is 4.58. The van der Waals surface area contributed by atoms with Crippen LogP contribution in [-0.4, -0.2) is 46.4 Å². The van der Waals surface area contributed by atoms with Gasteiger partial charge in [-0.1, -0.05) is 20.8 Å². The van der Waals surface area contributed by atoms with Gasteiger partial charge in [0.25, 0.3) is 0 Å². The first-order valence-corrected chi connectivity index (χ1v) is 7.31. The van der Waals surface area contributed by atoms with Crippen LogP contribution < -0.4 is 5.73 Å². The standard InChI is InChI=1S/C15H26N4O2/c1-15(2,3)13-10(7-18(4)17-13)8-19-9-11(21-5)6-12(19)14(16)20/h7,11-12H,6,8-9H2,1-5H3,(H2,16,20)/t11-,12-/m0/s1. The Bertz CT molecular complexity index is 518. The number of hydrogen-bond donors (Lipinski definition) is 1. The second-order valence-electron chi connectivity index (χ2n) is 6.87. The van der Waals surface area contributed by atoms with Crippen molar-refractivity contribution in [3.8, 4) is 0 Å². The van der Waals surface area contributed by atoms with Gasteiger partial charge in [-0.15, -0.1) is 0 Å². The zero-order chi connectivity index (χ0) is 15.8. The predicted octanol–water partition coefficient (Wildman–Crippen LogP) is 0.792. The first-order valence-electron chi connectivity index (χ1n) is 7.31.